The number of carbonyl (C=O) groups excluding carboxylic acids is 3. The molecule has 3 rings (SSSR count). The van der Waals surface area contributed by atoms with E-state index in [1.807, 2.05) is 58.0 Å². The Balaban J connectivity index is 1.63. The fourth-order valence-electron chi connectivity index (χ4n) is 3.62. The van der Waals surface area contributed by atoms with Crippen molar-refractivity contribution in [2.45, 2.75) is 34.1 Å². The Morgan fingerprint density at radius 1 is 0.923 bits per heavy atom. The molecule has 0 radical (unpaired) electrons. The van der Waals surface area contributed by atoms with Gasteiger partial charge in [0.2, 0.25) is 0 Å². The highest BCUT2D eigenvalue weighted by Gasteiger charge is 2.16. The van der Waals surface area contributed by atoms with Crippen molar-refractivity contribution in [3.05, 3.63) is 80.4 Å². The number of aryl methyl sites for hydroxylation is 2. The van der Waals surface area contributed by atoms with Crippen LogP contribution in [-0.4, -0.2) is 37.1 Å². The number of nitrogens with zero attached hydrogens (tertiary/aromatic N) is 1. The SMILES string of the molecule is CCOc1cc(/C=N\NC(=O)C(=O)Nc2ccccc2CC)cc(I)c1OCC(=O)Nc1cccc(C)c1C. The predicted octanol–water partition coefficient (Wildman–Crippen LogP) is 4.98. The van der Waals surface area contributed by atoms with E-state index in [1.54, 1.807) is 24.3 Å². The number of ether oxygens (including phenoxy) is 2. The van der Waals surface area contributed by atoms with Crippen LogP contribution in [0.2, 0.25) is 0 Å². The Labute approximate surface area is 241 Å². The topological polar surface area (TPSA) is 118 Å². The summed E-state index contributed by atoms with van der Waals surface area (Å²) in [5.41, 5.74) is 7.16. The Bertz CT molecular complexity index is 1390. The Hall–Kier alpha value is -3.93. The summed E-state index contributed by atoms with van der Waals surface area (Å²) in [6, 6.07) is 16.4. The van der Waals surface area contributed by atoms with Crippen LogP contribution in [0.5, 0.6) is 11.5 Å². The number of anilines is 2. The van der Waals surface area contributed by atoms with E-state index in [0.29, 0.717) is 39.3 Å². The van der Waals surface area contributed by atoms with Crippen LogP contribution in [0.3, 0.4) is 0 Å². The number of hydrazone groups is 1. The van der Waals surface area contributed by atoms with Crippen molar-refractivity contribution in [1.82, 2.24) is 5.43 Å². The highest BCUT2D eigenvalue weighted by atomic mass is 127. The lowest BCUT2D eigenvalue weighted by Gasteiger charge is -2.15. The third-order valence-corrected chi connectivity index (χ3v) is 6.59. The maximum atomic E-state index is 12.5. The van der Waals surface area contributed by atoms with Crippen molar-refractivity contribution in [1.29, 1.82) is 0 Å². The molecule has 0 unspecified atom stereocenters. The Kier molecular flexibility index (Phi) is 10.9. The molecule has 3 amide bonds. The molecule has 0 aromatic heterocycles. The van der Waals surface area contributed by atoms with Crippen LogP contribution in [0, 0.1) is 17.4 Å². The zero-order valence-corrected chi connectivity index (χ0v) is 24.4. The molecule has 3 aromatic rings. The lowest BCUT2D eigenvalue weighted by Crippen LogP contribution is -2.32. The van der Waals surface area contributed by atoms with E-state index in [-0.39, 0.29) is 12.5 Å². The van der Waals surface area contributed by atoms with Gasteiger partial charge in [0.15, 0.2) is 18.1 Å². The number of para-hydroxylation sites is 1. The molecule has 0 bridgehead atoms. The van der Waals surface area contributed by atoms with Gasteiger partial charge >= 0.3 is 11.8 Å². The third kappa shape index (κ3) is 8.28. The van der Waals surface area contributed by atoms with Gasteiger partial charge in [0.05, 0.1) is 16.4 Å². The smallest absolute Gasteiger partial charge is 0.329 e. The second-order valence-corrected chi connectivity index (χ2v) is 9.67. The van der Waals surface area contributed by atoms with Gasteiger partial charge in [-0.15, -0.1) is 0 Å². The molecule has 0 atom stereocenters. The average Bonchev–Trinajstić information content (AvgIpc) is 2.91. The fourth-order valence-corrected chi connectivity index (χ4v) is 4.40. The number of benzene rings is 3. The van der Waals surface area contributed by atoms with Gasteiger partial charge in [0.25, 0.3) is 5.91 Å². The zero-order chi connectivity index (χ0) is 28.4. The van der Waals surface area contributed by atoms with Crippen molar-refractivity contribution in [3.63, 3.8) is 0 Å². The minimum Gasteiger partial charge on any atom is -0.490 e. The van der Waals surface area contributed by atoms with E-state index in [1.165, 1.54) is 6.21 Å². The molecule has 39 heavy (non-hydrogen) atoms. The fraction of sp³-hybridized carbons (Fsp3) is 0.241. The maximum absolute atomic E-state index is 12.5. The van der Waals surface area contributed by atoms with Gasteiger partial charge in [-0.25, -0.2) is 5.43 Å². The third-order valence-electron chi connectivity index (χ3n) is 5.79. The maximum Gasteiger partial charge on any atom is 0.329 e. The van der Waals surface area contributed by atoms with E-state index < -0.39 is 11.8 Å². The minimum atomic E-state index is -0.897. The molecule has 0 saturated heterocycles. The van der Waals surface area contributed by atoms with Gasteiger partial charge in [-0.05, 0) is 96.3 Å². The number of carbonyl (C=O) groups is 3. The quantitative estimate of drug-likeness (QED) is 0.125. The van der Waals surface area contributed by atoms with E-state index in [0.717, 1.165) is 22.4 Å². The molecule has 0 heterocycles. The molecule has 0 aliphatic rings. The number of nitrogens with one attached hydrogen (secondary N) is 3. The first-order valence-electron chi connectivity index (χ1n) is 12.4. The van der Waals surface area contributed by atoms with Gasteiger partial charge in [0.1, 0.15) is 0 Å². The Morgan fingerprint density at radius 3 is 2.41 bits per heavy atom. The molecule has 3 N–H and O–H groups in total. The van der Waals surface area contributed by atoms with Crippen LogP contribution in [0.1, 0.15) is 36.1 Å². The van der Waals surface area contributed by atoms with Gasteiger partial charge in [0, 0.05) is 11.4 Å². The molecule has 0 fully saturated rings. The van der Waals surface area contributed by atoms with Gasteiger partial charge in [-0.3, -0.25) is 14.4 Å². The van der Waals surface area contributed by atoms with Crippen LogP contribution in [0.4, 0.5) is 11.4 Å². The number of amides is 3. The van der Waals surface area contributed by atoms with E-state index in [4.69, 9.17) is 9.47 Å². The minimum absolute atomic E-state index is 0.205. The lowest BCUT2D eigenvalue weighted by molar-refractivity contribution is -0.136. The molecule has 3 aromatic carbocycles. The van der Waals surface area contributed by atoms with Crippen LogP contribution in [0.25, 0.3) is 0 Å². The molecule has 0 aliphatic heterocycles. The summed E-state index contributed by atoms with van der Waals surface area (Å²) in [6.45, 7) is 7.89. The highest BCUT2D eigenvalue weighted by Crippen LogP contribution is 2.34. The standard InChI is InChI=1S/C29H31IN4O5/c1-5-21-11-7-8-12-24(21)33-28(36)29(37)34-31-16-20-14-22(30)27(25(15-20)38-6-2)39-17-26(35)32-23-13-9-10-18(3)19(23)4/h7-16H,5-6,17H2,1-4H3,(H,32,35)(H,33,36)(H,34,37)/b31-16-. The lowest BCUT2D eigenvalue weighted by atomic mass is 10.1. The van der Waals surface area contributed by atoms with Crippen molar-refractivity contribution in [2.24, 2.45) is 5.10 Å². The van der Waals surface area contributed by atoms with Gasteiger partial charge in [-0.2, -0.15) is 5.10 Å². The van der Waals surface area contributed by atoms with Crippen molar-refractivity contribution < 1.29 is 23.9 Å². The molecular weight excluding hydrogens is 611 g/mol. The number of halogens is 1. The van der Waals surface area contributed by atoms with Crippen molar-refractivity contribution >= 4 is 57.9 Å². The van der Waals surface area contributed by atoms with Crippen molar-refractivity contribution in [2.75, 3.05) is 23.8 Å². The molecule has 204 valence electrons. The highest BCUT2D eigenvalue weighted by molar-refractivity contribution is 14.1. The Morgan fingerprint density at radius 2 is 1.67 bits per heavy atom. The summed E-state index contributed by atoms with van der Waals surface area (Å²) >= 11 is 2.08. The number of hydrogen-bond donors (Lipinski definition) is 3. The van der Waals surface area contributed by atoms with E-state index >= 15 is 0 Å². The molecular formula is C29H31IN4O5. The summed E-state index contributed by atoms with van der Waals surface area (Å²) < 4.78 is 12.2. The van der Waals surface area contributed by atoms with Crippen LogP contribution in [0.15, 0.2) is 59.7 Å². The average molecular weight is 642 g/mol. The summed E-state index contributed by atoms with van der Waals surface area (Å²) in [5.74, 6) is -1.17. The van der Waals surface area contributed by atoms with Crippen LogP contribution >= 0.6 is 22.6 Å². The molecule has 9 nitrogen and oxygen atoms in total. The first-order chi connectivity index (χ1) is 18.7. The molecule has 0 aliphatic carbocycles. The second kappa shape index (κ2) is 14.3. The monoisotopic (exact) mass is 642 g/mol. The summed E-state index contributed by atoms with van der Waals surface area (Å²) in [4.78, 5) is 37.0. The first-order valence-corrected chi connectivity index (χ1v) is 13.5. The molecule has 0 saturated carbocycles. The predicted molar refractivity (Wildman–Crippen MR) is 161 cm³/mol. The van der Waals surface area contributed by atoms with Crippen LogP contribution < -0.4 is 25.5 Å². The first kappa shape index (κ1) is 29.6. The second-order valence-electron chi connectivity index (χ2n) is 8.51. The number of hydrogen-bond acceptors (Lipinski definition) is 6. The van der Waals surface area contributed by atoms with Gasteiger partial charge in [-0.1, -0.05) is 37.3 Å². The molecule has 0 spiro atoms. The number of rotatable bonds is 10. The van der Waals surface area contributed by atoms with E-state index in [9.17, 15) is 14.4 Å². The van der Waals surface area contributed by atoms with Crippen molar-refractivity contribution in [3.8, 4) is 11.5 Å². The molecule has 10 heteroatoms. The normalized spacial score (nSPS) is 10.7. The van der Waals surface area contributed by atoms with E-state index in [2.05, 4.69) is 43.8 Å². The van der Waals surface area contributed by atoms with Gasteiger partial charge < -0.3 is 20.1 Å². The summed E-state index contributed by atoms with van der Waals surface area (Å²) in [7, 11) is 0. The van der Waals surface area contributed by atoms with Crippen LogP contribution in [-0.2, 0) is 20.8 Å². The largest absolute Gasteiger partial charge is 0.490 e. The summed E-state index contributed by atoms with van der Waals surface area (Å²) in [6.07, 6.45) is 2.11. The summed E-state index contributed by atoms with van der Waals surface area (Å²) in [5, 5.41) is 9.38. The zero-order valence-electron chi connectivity index (χ0n) is 22.3.